The number of halogens is 1. The summed E-state index contributed by atoms with van der Waals surface area (Å²) in [6.07, 6.45) is 3.79. The molecule has 4 nitrogen and oxygen atoms in total. The number of amides is 1. The number of hydrogen-bond acceptors (Lipinski definition) is 3. The molecule has 1 aliphatic carbocycles. The zero-order valence-electron chi connectivity index (χ0n) is 12.6. The zero-order valence-corrected chi connectivity index (χ0v) is 14.2. The summed E-state index contributed by atoms with van der Waals surface area (Å²) in [5.41, 5.74) is -0.128. The van der Waals surface area contributed by atoms with Crippen molar-refractivity contribution in [1.82, 2.24) is 4.90 Å². The summed E-state index contributed by atoms with van der Waals surface area (Å²) in [6, 6.07) is 0. The molecular weight excluding hydrogens is 322 g/mol. The van der Waals surface area contributed by atoms with Crippen LogP contribution in [0.3, 0.4) is 0 Å². The molecule has 0 atom stereocenters. The van der Waals surface area contributed by atoms with Gasteiger partial charge in [-0.05, 0) is 51.9 Å². The molecule has 0 aromatic carbocycles. The maximum atomic E-state index is 12.0. The van der Waals surface area contributed by atoms with Crippen LogP contribution in [0.15, 0.2) is 0 Å². The number of rotatable bonds is 2. The van der Waals surface area contributed by atoms with Crippen LogP contribution in [0, 0.1) is 11.3 Å². The largest absolute Gasteiger partial charge is 0.444 e. The van der Waals surface area contributed by atoms with Gasteiger partial charge in [0.2, 0.25) is 0 Å². The Labute approximate surface area is 129 Å². The first-order chi connectivity index (χ1) is 9.25. The second-order valence-corrected chi connectivity index (χ2v) is 7.73. The van der Waals surface area contributed by atoms with E-state index < -0.39 is 5.60 Å². The Bertz CT molecular complexity index is 386. The van der Waals surface area contributed by atoms with Crippen LogP contribution in [-0.4, -0.2) is 40.8 Å². The molecule has 2 aliphatic rings. The lowest BCUT2D eigenvalue weighted by molar-refractivity contribution is -0.129. The van der Waals surface area contributed by atoms with Gasteiger partial charge in [-0.2, -0.15) is 0 Å². The van der Waals surface area contributed by atoms with E-state index in [-0.39, 0.29) is 12.0 Å². The van der Waals surface area contributed by atoms with Gasteiger partial charge in [-0.15, -0.1) is 0 Å². The maximum absolute atomic E-state index is 12.0. The molecule has 1 amide bonds. The first-order valence-electron chi connectivity index (χ1n) is 7.31. The molecule has 20 heavy (non-hydrogen) atoms. The van der Waals surface area contributed by atoms with Gasteiger partial charge in [0.05, 0.1) is 5.33 Å². The molecule has 0 radical (unpaired) electrons. The zero-order chi connectivity index (χ0) is 15.0. The number of carbonyl (C=O) groups excluding carboxylic acids is 2. The summed E-state index contributed by atoms with van der Waals surface area (Å²) in [5, 5.41) is 0.470. The first kappa shape index (κ1) is 15.8. The second kappa shape index (κ2) is 5.66. The van der Waals surface area contributed by atoms with Gasteiger partial charge in [-0.1, -0.05) is 15.9 Å². The second-order valence-electron chi connectivity index (χ2n) is 7.17. The third-order valence-electron chi connectivity index (χ3n) is 4.42. The van der Waals surface area contributed by atoms with Gasteiger partial charge in [0.1, 0.15) is 11.4 Å². The summed E-state index contributed by atoms with van der Waals surface area (Å²) in [5.74, 6) is 0.563. The molecular formula is C15H24BrNO3. The summed E-state index contributed by atoms with van der Waals surface area (Å²) in [6.45, 7) is 7.17. The van der Waals surface area contributed by atoms with Crippen molar-refractivity contribution >= 4 is 27.8 Å². The van der Waals surface area contributed by atoms with Crippen LogP contribution in [0.4, 0.5) is 4.79 Å². The van der Waals surface area contributed by atoms with Gasteiger partial charge in [0, 0.05) is 19.0 Å². The van der Waals surface area contributed by atoms with Crippen molar-refractivity contribution in [2.75, 3.05) is 18.4 Å². The van der Waals surface area contributed by atoms with Crippen molar-refractivity contribution in [3.8, 4) is 0 Å². The average molecular weight is 346 g/mol. The monoisotopic (exact) mass is 345 g/mol. The number of piperidine rings is 1. The van der Waals surface area contributed by atoms with E-state index in [1.165, 1.54) is 0 Å². The minimum absolute atomic E-state index is 0.209. The van der Waals surface area contributed by atoms with Crippen molar-refractivity contribution < 1.29 is 14.3 Å². The van der Waals surface area contributed by atoms with E-state index in [4.69, 9.17) is 4.74 Å². The molecule has 0 aromatic rings. The fourth-order valence-electron chi connectivity index (χ4n) is 3.22. The maximum Gasteiger partial charge on any atom is 0.410 e. The molecule has 2 rings (SSSR count). The van der Waals surface area contributed by atoms with Crippen LogP contribution < -0.4 is 0 Å². The molecule has 0 N–H and O–H groups in total. The lowest BCUT2D eigenvalue weighted by Gasteiger charge is -2.51. The summed E-state index contributed by atoms with van der Waals surface area (Å²) < 4.78 is 5.40. The molecule has 0 unspecified atom stereocenters. The lowest BCUT2D eigenvalue weighted by atomic mass is 9.56. The van der Waals surface area contributed by atoms with Gasteiger partial charge in [-0.25, -0.2) is 4.79 Å². The number of likely N-dealkylation sites (tertiary alicyclic amines) is 1. The van der Waals surface area contributed by atoms with Crippen LogP contribution in [0.25, 0.3) is 0 Å². The highest BCUT2D eigenvalue weighted by Crippen LogP contribution is 2.53. The Kier molecular flexibility index (Phi) is 4.47. The van der Waals surface area contributed by atoms with Crippen LogP contribution in [0.1, 0.15) is 46.5 Å². The fraction of sp³-hybridized carbons (Fsp3) is 0.867. The molecule has 0 aromatic heterocycles. The van der Waals surface area contributed by atoms with Crippen molar-refractivity contribution in [2.45, 2.75) is 52.1 Å². The quantitative estimate of drug-likeness (QED) is 0.720. The normalized spacial score (nSPS) is 22.5. The molecule has 114 valence electrons. The van der Waals surface area contributed by atoms with Crippen molar-refractivity contribution in [3.05, 3.63) is 0 Å². The molecule has 1 heterocycles. The Balaban J connectivity index is 1.79. The predicted octanol–water partition coefficient (Wildman–Crippen LogP) is 3.38. The average Bonchev–Trinajstić information content (AvgIpc) is 2.33. The van der Waals surface area contributed by atoms with E-state index in [1.807, 2.05) is 20.8 Å². The minimum Gasteiger partial charge on any atom is -0.444 e. The number of Topliss-reactive ketones (excluding diaryl/α,β-unsaturated/α-hetero) is 1. The van der Waals surface area contributed by atoms with Crippen molar-refractivity contribution in [1.29, 1.82) is 0 Å². The van der Waals surface area contributed by atoms with Crippen LogP contribution in [0.5, 0.6) is 0 Å². The summed E-state index contributed by atoms with van der Waals surface area (Å²) in [7, 11) is 0. The summed E-state index contributed by atoms with van der Waals surface area (Å²) in [4.78, 5) is 25.4. The Morgan fingerprint density at radius 1 is 1.25 bits per heavy atom. The van der Waals surface area contributed by atoms with E-state index in [9.17, 15) is 9.59 Å². The number of alkyl halides is 1. The molecule has 0 bridgehead atoms. The summed E-state index contributed by atoms with van der Waals surface area (Å²) >= 11 is 3.24. The van der Waals surface area contributed by atoms with Gasteiger partial charge in [0.15, 0.2) is 0 Å². The first-order valence-corrected chi connectivity index (χ1v) is 8.43. The van der Waals surface area contributed by atoms with E-state index in [1.54, 1.807) is 4.90 Å². The van der Waals surface area contributed by atoms with Gasteiger partial charge in [-0.3, -0.25) is 4.79 Å². The predicted molar refractivity (Wildman–Crippen MR) is 81.0 cm³/mol. The van der Waals surface area contributed by atoms with Crippen molar-refractivity contribution in [2.24, 2.45) is 11.3 Å². The fourth-order valence-corrected chi connectivity index (χ4v) is 3.68. The van der Waals surface area contributed by atoms with E-state index >= 15 is 0 Å². The van der Waals surface area contributed by atoms with Gasteiger partial charge < -0.3 is 9.64 Å². The number of hydrogen-bond donors (Lipinski definition) is 0. The Morgan fingerprint density at radius 3 is 2.25 bits per heavy atom. The van der Waals surface area contributed by atoms with Gasteiger partial charge >= 0.3 is 6.09 Å². The lowest BCUT2D eigenvalue weighted by Crippen LogP contribution is -2.51. The number of nitrogens with zero attached hydrogens (tertiary/aromatic N) is 1. The molecule has 1 saturated heterocycles. The highest BCUT2D eigenvalue weighted by atomic mass is 79.9. The third kappa shape index (κ3) is 3.54. The van der Waals surface area contributed by atoms with E-state index in [0.717, 1.165) is 38.8 Å². The third-order valence-corrected chi connectivity index (χ3v) is 4.97. The smallest absolute Gasteiger partial charge is 0.410 e. The van der Waals surface area contributed by atoms with Gasteiger partial charge in [0.25, 0.3) is 0 Å². The van der Waals surface area contributed by atoms with Crippen LogP contribution >= 0.6 is 15.9 Å². The number of ether oxygens (including phenoxy) is 1. The molecule has 2 fully saturated rings. The highest BCUT2D eigenvalue weighted by Gasteiger charge is 2.48. The molecule has 1 saturated carbocycles. The topological polar surface area (TPSA) is 46.6 Å². The number of ketones is 1. The minimum atomic E-state index is -0.434. The van der Waals surface area contributed by atoms with Crippen molar-refractivity contribution in [3.63, 3.8) is 0 Å². The standard InChI is InChI=1S/C15H24BrNO3/c1-14(2,3)20-13(19)17-6-4-15(5-7-17)8-11(9-15)12(18)10-16/h11H,4-10H2,1-3H3. The van der Waals surface area contributed by atoms with E-state index in [2.05, 4.69) is 15.9 Å². The molecule has 1 aliphatic heterocycles. The Morgan fingerprint density at radius 2 is 1.80 bits per heavy atom. The Hall–Kier alpha value is -0.580. The SMILES string of the molecule is CC(C)(C)OC(=O)N1CCC2(CC1)CC(C(=O)CBr)C2. The number of carbonyl (C=O) groups is 2. The van der Waals surface area contributed by atoms with Crippen LogP contribution in [-0.2, 0) is 9.53 Å². The molecule has 1 spiro atoms. The van der Waals surface area contributed by atoms with E-state index in [0.29, 0.717) is 16.5 Å². The molecule has 5 heteroatoms. The highest BCUT2D eigenvalue weighted by molar-refractivity contribution is 9.09. The van der Waals surface area contributed by atoms with Crippen LogP contribution in [0.2, 0.25) is 0 Å².